The zero-order chi connectivity index (χ0) is 19.1. The van der Waals surface area contributed by atoms with Gasteiger partial charge in [0, 0.05) is 25.7 Å². The first-order valence-electron chi connectivity index (χ1n) is 9.12. The van der Waals surface area contributed by atoms with E-state index >= 15 is 0 Å². The highest BCUT2D eigenvalue weighted by Crippen LogP contribution is 2.24. The Labute approximate surface area is 158 Å². The lowest BCUT2D eigenvalue weighted by Gasteiger charge is -2.17. The summed E-state index contributed by atoms with van der Waals surface area (Å²) in [7, 11) is 0. The van der Waals surface area contributed by atoms with Crippen LogP contribution in [0, 0.1) is 0 Å². The van der Waals surface area contributed by atoms with Crippen molar-refractivity contribution in [2.75, 3.05) is 18.4 Å². The van der Waals surface area contributed by atoms with E-state index < -0.39 is 0 Å². The molecule has 1 saturated heterocycles. The van der Waals surface area contributed by atoms with Crippen molar-refractivity contribution in [3.05, 3.63) is 54.4 Å². The third kappa shape index (κ3) is 5.20. The van der Waals surface area contributed by atoms with Crippen LogP contribution in [0.4, 0.5) is 10.5 Å². The molecule has 1 aliphatic heterocycles. The number of carbonyl (C=O) groups is 2. The summed E-state index contributed by atoms with van der Waals surface area (Å²) in [6.45, 7) is 3.62. The molecule has 2 heterocycles. The molecule has 1 unspecified atom stereocenters. The van der Waals surface area contributed by atoms with Crippen molar-refractivity contribution in [1.82, 2.24) is 15.2 Å². The summed E-state index contributed by atoms with van der Waals surface area (Å²) in [5, 5.41) is 5.68. The number of likely N-dealkylation sites (tertiary alicyclic amines) is 1. The maximum Gasteiger partial charge on any atom is 0.319 e. The van der Waals surface area contributed by atoms with Gasteiger partial charge in [0.25, 0.3) is 0 Å². The number of nitrogens with one attached hydrogen (secondary N) is 2. The van der Waals surface area contributed by atoms with Gasteiger partial charge < -0.3 is 20.3 Å². The first kappa shape index (κ1) is 18.7. The van der Waals surface area contributed by atoms with Crippen molar-refractivity contribution in [3.8, 4) is 5.75 Å². The fraction of sp³-hybridized carbons (Fsp3) is 0.350. The molecule has 2 aromatic rings. The minimum atomic E-state index is -0.347. The Kier molecular flexibility index (Phi) is 6.25. The molecule has 0 saturated carbocycles. The van der Waals surface area contributed by atoms with Gasteiger partial charge in [-0.15, -0.1) is 0 Å². The van der Waals surface area contributed by atoms with E-state index in [4.69, 9.17) is 4.74 Å². The molecular weight excluding hydrogens is 344 g/mol. The van der Waals surface area contributed by atoms with Gasteiger partial charge in [0.15, 0.2) is 0 Å². The van der Waals surface area contributed by atoms with E-state index in [1.54, 1.807) is 23.2 Å². The number of para-hydroxylation sites is 2. The quantitative estimate of drug-likeness (QED) is 0.787. The summed E-state index contributed by atoms with van der Waals surface area (Å²) in [5.74, 6) is 0.648. The lowest BCUT2D eigenvalue weighted by Crippen LogP contribution is -2.39. The number of anilines is 1. The first-order valence-corrected chi connectivity index (χ1v) is 9.12. The summed E-state index contributed by atoms with van der Waals surface area (Å²) in [4.78, 5) is 30.3. The van der Waals surface area contributed by atoms with E-state index in [2.05, 4.69) is 15.6 Å². The summed E-state index contributed by atoms with van der Waals surface area (Å²) < 4.78 is 5.79. The van der Waals surface area contributed by atoms with E-state index in [9.17, 15) is 9.59 Å². The van der Waals surface area contributed by atoms with Gasteiger partial charge in [-0.05, 0) is 30.7 Å². The second kappa shape index (κ2) is 9.02. The summed E-state index contributed by atoms with van der Waals surface area (Å²) in [6.07, 6.45) is 2.96. The molecule has 1 aliphatic rings. The maximum absolute atomic E-state index is 12.3. The number of amides is 3. The minimum absolute atomic E-state index is 0.0845. The molecule has 1 aromatic heterocycles. The Morgan fingerprint density at radius 2 is 2.07 bits per heavy atom. The second-order valence-electron chi connectivity index (χ2n) is 6.45. The third-order valence-electron chi connectivity index (χ3n) is 4.28. The molecule has 7 nitrogen and oxygen atoms in total. The molecule has 142 valence electrons. The Bertz CT molecular complexity index is 782. The van der Waals surface area contributed by atoms with Crippen LogP contribution in [0.5, 0.6) is 5.75 Å². The van der Waals surface area contributed by atoms with Gasteiger partial charge in [-0.25, -0.2) is 4.79 Å². The van der Waals surface area contributed by atoms with Crippen molar-refractivity contribution in [1.29, 1.82) is 0 Å². The highest BCUT2D eigenvalue weighted by molar-refractivity contribution is 5.92. The largest absolute Gasteiger partial charge is 0.485 e. The Morgan fingerprint density at radius 3 is 2.85 bits per heavy atom. The molecule has 1 fully saturated rings. The molecule has 0 radical (unpaired) electrons. The van der Waals surface area contributed by atoms with E-state index in [-0.39, 0.29) is 18.0 Å². The lowest BCUT2D eigenvalue weighted by atomic mass is 10.2. The van der Waals surface area contributed by atoms with Crippen molar-refractivity contribution in [2.45, 2.75) is 32.4 Å². The van der Waals surface area contributed by atoms with E-state index in [0.29, 0.717) is 31.0 Å². The Balaban J connectivity index is 1.56. The van der Waals surface area contributed by atoms with Crippen LogP contribution >= 0.6 is 0 Å². The SMILES string of the molecule is CCCN1CC(NC(=O)Nc2ccccc2OCc2ccccn2)CC1=O. The summed E-state index contributed by atoms with van der Waals surface area (Å²) in [5.41, 5.74) is 1.37. The number of carbonyl (C=O) groups excluding carboxylic acids is 2. The zero-order valence-corrected chi connectivity index (χ0v) is 15.4. The highest BCUT2D eigenvalue weighted by Gasteiger charge is 2.29. The van der Waals surface area contributed by atoms with Crippen LogP contribution in [0.1, 0.15) is 25.5 Å². The first-order chi connectivity index (χ1) is 13.2. The fourth-order valence-electron chi connectivity index (χ4n) is 3.03. The molecule has 0 spiro atoms. The van der Waals surface area contributed by atoms with E-state index in [1.807, 2.05) is 37.3 Å². The van der Waals surface area contributed by atoms with Crippen molar-refractivity contribution in [2.24, 2.45) is 0 Å². The minimum Gasteiger partial charge on any atom is -0.485 e. The van der Waals surface area contributed by atoms with Crippen LogP contribution in [0.2, 0.25) is 0 Å². The number of ether oxygens (including phenoxy) is 1. The average Bonchev–Trinajstić information content (AvgIpc) is 3.01. The van der Waals surface area contributed by atoms with Crippen LogP contribution in [0.3, 0.4) is 0 Å². The molecule has 3 amide bonds. The van der Waals surface area contributed by atoms with E-state index in [1.165, 1.54) is 0 Å². The van der Waals surface area contributed by atoms with Gasteiger partial charge in [0.05, 0.1) is 17.4 Å². The van der Waals surface area contributed by atoms with Crippen molar-refractivity contribution >= 4 is 17.6 Å². The number of hydrogen-bond donors (Lipinski definition) is 2. The van der Waals surface area contributed by atoms with Gasteiger partial charge >= 0.3 is 6.03 Å². The maximum atomic E-state index is 12.3. The molecule has 2 N–H and O–H groups in total. The topological polar surface area (TPSA) is 83.6 Å². The highest BCUT2D eigenvalue weighted by atomic mass is 16.5. The molecular formula is C20H24N4O3. The van der Waals surface area contributed by atoms with Crippen LogP contribution in [-0.2, 0) is 11.4 Å². The predicted molar refractivity (Wildman–Crippen MR) is 102 cm³/mol. The van der Waals surface area contributed by atoms with Gasteiger partial charge in [0.2, 0.25) is 5.91 Å². The van der Waals surface area contributed by atoms with Crippen molar-refractivity contribution in [3.63, 3.8) is 0 Å². The standard InChI is InChI=1S/C20H24N4O3/c1-2-11-24-13-16(12-19(24)25)22-20(26)23-17-8-3-4-9-18(17)27-14-15-7-5-6-10-21-15/h3-10,16H,2,11-14H2,1H3,(H2,22,23,26). The Hall–Kier alpha value is -3.09. The molecule has 1 aromatic carbocycles. The van der Waals surface area contributed by atoms with Crippen LogP contribution in [0.15, 0.2) is 48.7 Å². The second-order valence-corrected chi connectivity index (χ2v) is 6.45. The number of urea groups is 1. The molecule has 1 atom stereocenters. The fourth-order valence-corrected chi connectivity index (χ4v) is 3.03. The van der Waals surface area contributed by atoms with Crippen molar-refractivity contribution < 1.29 is 14.3 Å². The molecule has 0 bridgehead atoms. The third-order valence-corrected chi connectivity index (χ3v) is 4.28. The van der Waals surface area contributed by atoms with Crippen LogP contribution in [-0.4, -0.2) is 41.0 Å². The van der Waals surface area contributed by atoms with Gasteiger partial charge in [0.1, 0.15) is 12.4 Å². The normalized spacial score (nSPS) is 16.3. The van der Waals surface area contributed by atoms with Gasteiger partial charge in [-0.3, -0.25) is 9.78 Å². The monoisotopic (exact) mass is 368 g/mol. The molecule has 7 heteroatoms. The summed E-state index contributed by atoms with van der Waals surface area (Å²) in [6, 6.07) is 12.3. The Morgan fingerprint density at radius 1 is 1.26 bits per heavy atom. The van der Waals surface area contributed by atoms with Crippen LogP contribution in [0.25, 0.3) is 0 Å². The average molecular weight is 368 g/mol. The molecule has 0 aliphatic carbocycles. The van der Waals surface area contributed by atoms with E-state index in [0.717, 1.165) is 18.7 Å². The predicted octanol–water partition coefficient (Wildman–Crippen LogP) is 2.79. The smallest absolute Gasteiger partial charge is 0.319 e. The number of aromatic nitrogens is 1. The number of hydrogen-bond acceptors (Lipinski definition) is 4. The zero-order valence-electron chi connectivity index (χ0n) is 15.4. The lowest BCUT2D eigenvalue weighted by molar-refractivity contribution is -0.127. The number of pyridine rings is 1. The van der Waals surface area contributed by atoms with Gasteiger partial charge in [-0.2, -0.15) is 0 Å². The summed E-state index contributed by atoms with van der Waals surface area (Å²) >= 11 is 0. The molecule has 3 rings (SSSR count). The van der Waals surface area contributed by atoms with Crippen LogP contribution < -0.4 is 15.4 Å². The van der Waals surface area contributed by atoms with Gasteiger partial charge in [-0.1, -0.05) is 25.1 Å². The number of benzene rings is 1. The number of rotatable bonds is 7. The molecule has 27 heavy (non-hydrogen) atoms. The number of nitrogens with zero attached hydrogens (tertiary/aromatic N) is 2.